The van der Waals surface area contributed by atoms with Gasteiger partial charge in [0.2, 0.25) is 0 Å². The van der Waals surface area contributed by atoms with Crippen LogP contribution in [0, 0.1) is 0 Å². The molecule has 0 spiro atoms. The summed E-state index contributed by atoms with van der Waals surface area (Å²) in [7, 11) is 0. The second kappa shape index (κ2) is 6.71. The number of ether oxygens (including phenoxy) is 2. The highest BCUT2D eigenvalue weighted by atomic mass is 16.5. The zero-order valence-electron chi connectivity index (χ0n) is 11.0. The SMILES string of the molecule is CC(N)Cc1ccc(OCCC2CCCO2)cn1. The third kappa shape index (κ3) is 4.27. The molecule has 1 aromatic rings. The maximum absolute atomic E-state index is 5.73. The third-order valence-corrected chi connectivity index (χ3v) is 3.06. The first kappa shape index (κ1) is 13.3. The van der Waals surface area contributed by atoms with E-state index in [2.05, 4.69) is 4.98 Å². The van der Waals surface area contributed by atoms with E-state index in [-0.39, 0.29) is 6.04 Å². The van der Waals surface area contributed by atoms with Gasteiger partial charge in [0.1, 0.15) is 5.75 Å². The van der Waals surface area contributed by atoms with E-state index in [1.165, 1.54) is 6.42 Å². The van der Waals surface area contributed by atoms with Crippen molar-refractivity contribution in [3.05, 3.63) is 24.0 Å². The average molecular weight is 250 g/mol. The fourth-order valence-corrected chi connectivity index (χ4v) is 2.13. The second-order valence-electron chi connectivity index (χ2n) is 4.94. The summed E-state index contributed by atoms with van der Waals surface area (Å²) < 4.78 is 11.2. The van der Waals surface area contributed by atoms with E-state index in [9.17, 15) is 0 Å². The molecule has 0 aliphatic carbocycles. The molecule has 0 bridgehead atoms. The van der Waals surface area contributed by atoms with Gasteiger partial charge in [-0.3, -0.25) is 4.98 Å². The molecule has 0 aromatic carbocycles. The van der Waals surface area contributed by atoms with E-state index >= 15 is 0 Å². The van der Waals surface area contributed by atoms with Gasteiger partial charge < -0.3 is 15.2 Å². The van der Waals surface area contributed by atoms with Crippen LogP contribution in [0.15, 0.2) is 18.3 Å². The number of hydrogen-bond donors (Lipinski definition) is 1. The van der Waals surface area contributed by atoms with Gasteiger partial charge in [0.05, 0.1) is 18.9 Å². The molecule has 1 aliphatic heterocycles. The molecule has 1 aromatic heterocycles. The zero-order chi connectivity index (χ0) is 12.8. The Balaban J connectivity index is 1.72. The highest BCUT2D eigenvalue weighted by Gasteiger charge is 2.14. The van der Waals surface area contributed by atoms with Crippen molar-refractivity contribution < 1.29 is 9.47 Å². The predicted molar refractivity (Wildman–Crippen MR) is 70.7 cm³/mol. The topological polar surface area (TPSA) is 57.4 Å². The van der Waals surface area contributed by atoms with Gasteiger partial charge in [-0.2, -0.15) is 0 Å². The molecule has 1 aliphatic rings. The van der Waals surface area contributed by atoms with Gasteiger partial charge in [-0.15, -0.1) is 0 Å². The highest BCUT2D eigenvalue weighted by molar-refractivity contribution is 5.20. The first-order chi connectivity index (χ1) is 8.74. The molecule has 2 heterocycles. The van der Waals surface area contributed by atoms with E-state index < -0.39 is 0 Å². The molecule has 1 saturated heterocycles. The van der Waals surface area contributed by atoms with Crippen LogP contribution in [0.3, 0.4) is 0 Å². The Bertz CT molecular complexity index is 345. The van der Waals surface area contributed by atoms with Crippen LogP contribution >= 0.6 is 0 Å². The van der Waals surface area contributed by atoms with Crippen molar-refractivity contribution in [1.82, 2.24) is 4.98 Å². The highest BCUT2D eigenvalue weighted by Crippen LogP contribution is 2.16. The molecule has 0 saturated carbocycles. The Morgan fingerprint density at radius 3 is 3.06 bits per heavy atom. The van der Waals surface area contributed by atoms with Crippen LogP contribution < -0.4 is 10.5 Å². The van der Waals surface area contributed by atoms with E-state index in [1.54, 1.807) is 6.20 Å². The average Bonchev–Trinajstić information content (AvgIpc) is 2.84. The van der Waals surface area contributed by atoms with Crippen molar-refractivity contribution in [2.75, 3.05) is 13.2 Å². The van der Waals surface area contributed by atoms with Crippen molar-refractivity contribution in [3.63, 3.8) is 0 Å². The molecule has 0 amide bonds. The lowest BCUT2D eigenvalue weighted by Crippen LogP contribution is -2.18. The van der Waals surface area contributed by atoms with Gasteiger partial charge in [0.25, 0.3) is 0 Å². The summed E-state index contributed by atoms with van der Waals surface area (Å²) in [6, 6.07) is 4.08. The van der Waals surface area contributed by atoms with Gasteiger partial charge in [0, 0.05) is 31.2 Å². The Labute approximate surface area is 108 Å². The quantitative estimate of drug-likeness (QED) is 0.838. The Morgan fingerprint density at radius 1 is 1.56 bits per heavy atom. The van der Waals surface area contributed by atoms with Crippen LogP contribution in [0.2, 0.25) is 0 Å². The summed E-state index contributed by atoms with van der Waals surface area (Å²) >= 11 is 0. The van der Waals surface area contributed by atoms with Crippen molar-refractivity contribution in [3.8, 4) is 5.75 Å². The molecule has 2 atom stereocenters. The molecule has 4 heteroatoms. The predicted octanol–water partition coefficient (Wildman–Crippen LogP) is 1.92. The summed E-state index contributed by atoms with van der Waals surface area (Å²) in [5.74, 6) is 0.821. The van der Waals surface area contributed by atoms with Gasteiger partial charge in [-0.05, 0) is 31.9 Å². The van der Waals surface area contributed by atoms with Gasteiger partial charge in [0.15, 0.2) is 0 Å². The normalized spacial score (nSPS) is 20.9. The molecule has 2 N–H and O–H groups in total. The molecule has 4 nitrogen and oxygen atoms in total. The Morgan fingerprint density at radius 2 is 2.44 bits per heavy atom. The first-order valence-corrected chi connectivity index (χ1v) is 6.69. The minimum Gasteiger partial charge on any atom is -0.492 e. The molecule has 0 radical (unpaired) electrons. The van der Waals surface area contributed by atoms with Gasteiger partial charge in [-0.25, -0.2) is 0 Å². The molecule has 2 unspecified atom stereocenters. The van der Waals surface area contributed by atoms with E-state index in [4.69, 9.17) is 15.2 Å². The summed E-state index contributed by atoms with van der Waals surface area (Å²) in [5.41, 5.74) is 6.74. The second-order valence-corrected chi connectivity index (χ2v) is 4.94. The number of pyridine rings is 1. The number of aromatic nitrogens is 1. The molecule has 100 valence electrons. The smallest absolute Gasteiger partial charge is 0.137 e. The largest absolute Gasteiger partial charge is 0.492 e. The minimum atomic E-state index is 0.142. The fourth-order valence-electron chi connectivity index (χ4n) is 2.13. The summed E-state index contributed by atoms with van der Waals surface area (Å²) in [6.07, 6.45) is 6.26. The van der Waals surface area contributed by atoms with E-state index in [1.807, 2.05) is 19.1 Å². The standard InChI is InChI=1S/C14H22N2O2/c1-11(15)9-12-4-5-14(10-16-12)18-8-6-13-3-2-7-17-13/h4-5,10-11,13H,2-3,6-9,15H2,1H3. The fraction of sp³-hybridized carbons (Fsp3) is 0.643. The molecular weight excluding hydrogens is 228 g/mol. The summed E-state index contributed by atoms with van der Waals surface area (Å²) in [4.78, 5) is 4.33. The minimum absolute atomic E-state index is 0.142. The van der Waals surface area contributed by atoms with Crippen LogP contribution in [0.1, 0.15) is 31.9 Å². The van der Waals surface area contributed by atoms with Crippen LogP contribution in [0.5, 0.6) is 5.75 Å². The molecule has 1 fully saturated rings. The van der Waals surface area contributed by atoms with Crippen molar-refractivity contribution in [2.24, 2.45) is 5.73 Å². The number of nitrogens with two attached hydrogens (primary N) is 1. The lowest BCUT2D eigenvalue weighted by Gasteiger charge is -2.11. The van der Waals surface area contributed by atoms with Gasteiger partial charge in [-0.1, -0.05) is 0 Å². The molecule has 18 heavy (non-hydrogen) atoms. The maximum Gasteiger partial charge on any atom is 0.137 e. The van der Waals surface area contributed by atoms with Crippen LogP contribution in [0.4, 0.5) is 0 Å². The van der Waals surface area contributed by atoms with Crippen molar-refractivity contribution in [1.29, 1.82) is 0 Å². The first-order valence-electron chi connectivity index (χ1n) is 6.69. The third-order valence-electron chi connectivity index (χ3n) is 3.06. The summed E-state index contributed by atoms with van der Waals surface area (Å²) in [6.45, 7) is 3.57. The molecular formula is C14H22N2O2. The Hall–Kier alpha value is -1.13. The zero-order valence-corrected chi connectivity index (χ0v) is 11.0. The van der Waals surface area contributed by atoms with E-state index in [0.717, 1.165) is 37.3 Å². The van der Waals surface area contributed by atoms with E-state index in [0.29, 0.717) is 12.7 Å². The monoisotopic (exact) mass is 250 g/mol. The van der Waals surface area contributed by atoms with Crippen LogP contribution in [-0.4, -0.2) is 30.3 Å². The van der Waals surface area contributed by atoms with Gasteiger partial charge >= 0.3 is 0 Å². The van der Waals surface area contributed by atoms with Crippen molar-refractivity contribution in [2.45, 2.75) is 44.8 Å². The van der Waals surface area contributed by atoms with Crippen LogP contribution in [0.25, 0.3) is 0 Å². The van der Waals surface area contributed by atoms with Crippen molar-refractivity contribution >= 4 is 0 Å². The molecule has 2 rings (SSSR count). The van der Waals surface area contributed by atoms with Crippen LogP contribution in [-0.2, 0) is 11.2 Å². The number of rotatable bonds is 6. The lowest BCUT2D eigenvalue weighted by molar-refractivity contribution is 0.0903. The number of hydrogen-bond acceptors (Lipinski definition) is 4. The maximum atomic E-state index is 5.73. The summed E-state index contributed by atoms with van der Waals surface area (Å²) in [5, 5.41) is 0. The number of nitrogens with zero attached hydrogens (tertiary/aromatic N) is 1. The Kier molecular flexibility index (Phi) is 4.96. The lowest BCUT2D eigenvalue weighted by atomic mass is 10.2.